The molecule has 10 heteroatoms. The van der Waals surface area contributed by atoms with Crippen molar-refractivity contribution in [1.82, 2.24) is 0 Å². The van der Waals surface area contributed by atoms with Crippen LogP contribution in [0, 0.1) is 0 Å². The molecular formula is C6H13O9P. The van der Waals surface area contributed by atoms with Crippen LogP contribution in [0.15, 0.2) is 0 Å². The molecule has 0 aliphatic carbocycles. The molecule has 0 aromatic heterocycles. The predicted octanol–water partition coefficient (Wildman–Crippen LogP) is -3.10. The Morgan fingerprint density at radius 1 is 1.06 bits per heavy atom. The molecule has 1 fully saturated rings. The maximum Gasteiger partial charge on any atom is 0.469 e. The largest absolute Gasteiger partial charge is 0.469 e. The van der Waals surface area contributed by atoms with Gasteiger partial charge in [0.05, 0.1) is 6.61 Å². The highest BCUT2D eigenvalue weighted by molar-refractivity contribution is 7.46. The summed E-state index contributed by atoms with van der Waals surface area (Å²) in [6.07, 6.45) is -8.11. The van der Waals surface area contributed by atoms with E-state index in [0.29, 0.717) is 0 Å². The van der Waals surface area contributed by atoms with Gasteiger partial charge < -0.3 is 34.9 Å². The SMILES string of the molecule is O=P(O)(O)OCC1OC(O)C(O)[C@H](O)C1O. The minimum absolute atomic E-state index is 0.730. The second-order valence-electron chi connectivity index (χ2n) is 3.32. The summed E-state index contributed by atoms with van der Waals surface area (Å²) in [6.45, 7) is -0.730. The Morgan fingerprint density at radius 2 is 1.62 bits per heavy atom. The molecule has 0 bridgehead atoms. The molecule has 16 heavy (non-hydrogen) atoms. The van der Waals surface area contributed by atoms with E-state index in [1.807, 2.05) is 0 Å². The molecular weight excluding hydrogens is 247 g/mol. The Kier molecular flexibility index (Phi) is 4.41. The third kappa shape index (κ3) is 3.45. The number of phosphoric ester groups is 1. The molecule has 1 saturated heterocycles. The summed E-state index contributed by atoms with van der Waals surface area (Å²) in [5, 5.41) is 36.7. The molecule has 0 spiro atoms. The average Bonchev–Trinajstić information content (AvgIpc) is 2.17. The number of hydrogen-bond acceptors (Lipinski definition) is 7. The van der Waals surface area contributed by atoms with Crippen molar-refractivity contribution in [3.63, 3.8) is 0 Å². The molecule has 5 atom stereocenters. The van der Waals surface area contributed by atoms with Crippen molar-refractivity contribution in [3.05, 3.63) is 0 Å². The lowest BCUT2D eigenvalue weighted by Gasteiger charge is -2.38. The van der Waals surface area contributed by atoms with Crippen LogP contribution in [0.1, 0.15) is 0 Å². The van der Waals surface area contributed by atoms with Gasteiger partial charge in [-0.1, -0.05) is 0 Å². The van der Waals surface area contributed by atoms with Crippen molar-refractivity contribution < 1.29 is 44.0 Å². The molecule has 96 valence electrons. The number of hydrogen-bond donors (Lipinski definition) is 6. The molecule has 0 aromatic carbocycles. The summed E-state index contributed by atoms with van der Waals surface area (Å²) in [6, 6.07) is 0. The second-order valence-corrected chi connectivity index (χ2v) is 4.56. The summed E-state index contributed by atoms with van der Waals surface area (Å²) in [7, 11) is -4.73. The first-order valence-electron chi connectivity index (χ1n) is 4.30. The van der Waals surface area contributed by atoms with Crippen LogP contribution in [-0.2, 0) is 13.8 Å². The quantitative estimate of drug-likeness (QED) is 0.289. The molecule has 4 unspecified atom stereocenters. The van der Waals surface area contributed by atoms with Crippen molar-refractivity contribution in [2.75, 3.05) is 6.61 Å². The standard InChI is InChI=1S/C6H13O9P/c7-3-2(1-14-16(11,12)13)15-6(10)5(9)4(3)8/h2-10H,1H2,(H2,11,12,13)/t2?,3?,4-,5?,6?/m1/s1. The zero-order chi connectivity index (χ0) is 12.5. The normalized spacial score (nSPS) is 41.0. The third-order valence-corrected chi connectivity index (χ3v) is 2.58. The Bertz CT molecular complexity index is 277. The van der Waals surface area contributed by atoms with Crippen LogP contribution < -0.4 is 0 Å². The van der Waals surface area contributed by atoms with Gasteiger partial charge in [-0.25, -0.2) is 4.57 Å². The minimum atomic E-state index is -4.73. The number of phosphoric acid groups is 1. The van der Waals surface area contributed by atoms with Gasteiger partial charge in [-0.15, -0.1) is 0 Å². The van der Waals surface area contributed by atoms with Crippen molar-refractivity contribution >= 4 is 7.82 Å². The van der Waals surface area contributed by atoms with Crippen LogP contribution in [0.2, 0.25) is 0 Å². The lowest BCUT2D eigenvalue weighted by atomic mass is 10.00. The van der Waals surface area contributed by atoms with Crippen molar-refractivity contribution in [2.24, 2.45) is 0 Å². The van der Waals surface area contributed by atoms with Gasteiger partial charge in [-0.05, 0) is 0 Å². The topological polar surface area (TPSA) is 157 Å². The maximum absolute atomic E-state index is 10.4. The zero-order valence-corrected chi connectivity index (χ0v) is 8.84. The molecule has 6 N–H and O–H groups in total. The van der Waals surface area contributed by atoms with Crippen LogP contribution in [0.5, 0.6) is 0 Å². The minimum Gasteiger partial charge on any atom is -0.387 e. The highest BCUT2D eigenvalue weighted by Crippen LogP contribution is 2.36. The van der Waals surface area contributed by atoms with E-state index in [1.54, 1.807) is 0 Å². The monoisotopic (exact) mass is 260 g/mol. The van der Waals surface area contributed by atoms with Crippen LogP contribution in [-0.4, -0.2) is 67.5 Å². The van der Waals surface area contributed by atoms with E-state index in [-0.39, 0.29) is 0 Å². The van der Waals surface area contributed by atoms with Crippen LogP contribution in [0.4, 0.5) is 0 Å². The molecule has 1 heterocycles. The fraction of sp³-hybridized carbons (Fsp3) is 1.00. The van der Waals surface area contributed by atoms with E-state index in [1.165, 1.54) is 0 Å². The molecule has 0 radical (unpaired) electrons. The van der Waals surface area contributed by atoms with Gasteiger partial charge >= 0.3 is 7.82 Å². The maximum atomic E-state index is 10.4. The van der Waals surface area contributed by atoms with E-state index >= 15 is 0 Å². The second kappa shape index (κ2) is 5.05. The Labute approximate surface area is 90.1 Å². The van der Waals surface area contributed by atoms with Crippen molar-refractivity contribution in [1.29, 1.82) is 0 Å². The van der Waals surface area contributed by atoms with Gasteiger partial charge in [0.1, 0.15) is 24.4 Å². The van der Waals surface area contributed by atoms with E-state index in [0.717, 1.165) is 0 Å². The zero-order valence-electron chi connectivity index (χ0n) is 7.95. The van der Waals surface area contributed by atoms with Gasteiger partial charge in [0.2, 0.25) is 0 Å². The number of rotatable bonds is 3. The van der Waals surface area contributed by atoms with Gasteiger partial charge in [0, 0.05) is 0 Å². The van der Waals surface area contributed by atoms with Gasteiger partial charge in [0.15, 0.2) is 6.29 Å². The summed E-state index contributed by atoms with van der Waals surface area (Å²) in [4.78, 5) is 16.8. The summed E-state index contributed by atoms with van der Waals surface area (Å²) in [5.41, 5.74) is 0. The molecule has 0 amide bonds. The highest BCUT2D eigenvalue weighted by atomic mass is 31.2. The molecule has 0 saturated carbocycles. The van der Waals surface area contributed by atoms with Crippen LogP contribution >= 0.6 is 7.82 Å². The first-order chi connectivity index (χ1) is 7.22. The Hall–Kier alpha value is -0.0900. The molecule has 9 nitrogen and oxygen atoms in total. The number of ether oxygens (including phenoxy) is 1. The van der Waals surface area contributed by atoms with Crippen LogP contribution in [0.25, 0.3) is 0 Å². The molecule has 1 rings (SSSR count). The number of aliphatic hydroxyl groups is 4. The Balaban J connectivity index is 2.57. The first-order valence-corrected chi connectivity index (χ1v) is 5.83. The fourth-order valence-corrected chi connectivity index (χ4v) is 1.58. The predicted molar refractivity (Wildman–Crippen MR) is 46.9 cm³/mol. The lowest BCUT2D eigenvalue weighted by molar-refractivity contribution is -0.285. The Morgan fingerprint density at radius 3 is 2.12 bits per heavy atom. The average molecular weight is 260 g/mol. The van der Waals surface area contributed by atoms with E-state index in [4.69, 9.17) is 20.0 Å². The summed E-state index contributed by atoms with van der Waals surface area (Å²) < 4.78 is 19.0. The lowest BCUT2D eigenvalue weighted by Crippen LogP contribution is -2.58. The van der Waals surface area contributed by atoms with Gasteiger partial charge in [-0.3, -0.25) is 4.52 Å². The summed E-state index contributed by atoms with van der Waals surface area (Å²) in [5.74, 6) is 0. The van der Waals surface area contributed by atoms with Crippen molar-refractivity contribution in [2.45, 2.75) is 30.7 Å². The smallest absolute Gasteiger partial charge is 0.387 e. The first kappa shape index (κ1) is 14.0. The summed E-state index contributed by atoms with van der Waals surface area (Å²) >= 11 is 0. The van der Waals surface area contributed by atoms with E-state index in [2.05, 4.69) is 9.26 Å². The van der Waals surface area contributed by atoms with Crippen LogP contribution in [0.3, 0.4) is 0 Å². The third-order valence-electron chi connectivity index (χ3n) is 2.09. The van der Waals surface area contributed by atoms with Gasteiger partial charge in [0.25, 0.3) is 0 Å². The molecule has 1 aliphatic heterocycles. The van der Waals surface area contributed by atoms with E-state index in [9.17, 15) is 14.8 Å². The fourth-order valence-electron chi connectivity index (χ4n) is 1.24. The molecule has 1 aliphatic rings. The van der Waals surface area contributed by atoms with Crippen molar-refractivity contribution in [3.8, 4) is 0 Å². The van der Waals surface area contributed by atoms with Gasteiger partial charge in [-0.2, -0.15) is 0 Å². The number of aliphatic hydroxyl groups excluding tert-OH is 4. The molecule has 0 aromatic rings. The highest BCUT2D eigenvalue weighted by Gasteiger charge is 2.43. The van der Waals surface area contributed by atoms with E-state index < -0.39 is 45.1 Å².